The molecule has 6 nitrogen and oxygen atoms in total. The molecular formula is C16H17FN2O4S2. The summed E-state index contributed by atoms with van der Waals surface area (Å²) >= 11 is 0.969. The van der Waals surface area contributed by atoms with Crippen LogP contribution in [0.4, 0.5) is 4.39 Å². The van der Waals surface area contributed by atoms with Crippen LogP contribution in [-0.4, -0.2) is 45.4 Å². The summed E-state index contributed by atoms with van der Waals surface area (Å²) < 4.78 is 45.7. The van der Waals surface area contributed by atoms with Crippen molar-refractivity contribution in [2.45, 2.75) is 10.3 Å². The molecule has 25 heavy (non-hydrogen) atoms. The number of nitrogens with zero attached hydrogens (tertiary/aromatic N) is 1. The van der Waals surface area contributed by atoms with E-state index in [1.54, 1.807) is 12.1 Å². The zero-order valence-electron chi connectivity index (χ0n) is 13.4. The van der Waals surface area contributed by atoms with Crippen molar-refractivity contribution in [3.8, 4) is 0 Å². The number of hydrogen-bond donors (Lipinski definition) is 1. The summed E-state index contributed by atoms with van der Waals surface area (Å²) in [5, 5.41) is 4.60. The van der Waals surface area contributed by atoms with Gasteiger partial charge in [-0.2, -0.15) is 4.31 Å². The SMILES string of the molecule is COC(=O)c1csc(S(=O)(=O)N2CCNCC2c2cccc(F)c2)c1. The van der Waals surface area contributed by atoms with E-state index in [2.05, 4.69) is 10.1 Å². The van der Waals surface area contributed by atoms with Gasteiger partial charge in [-0.25, -0.2) is 17.6 Å². The van der Waals surface area contributed by atoms with Crippen LogP contribution in [0.15, 0.2) is 39.9 Å². The van der Waals surface area contributed by atoms with Gasteiger partial charge >= 0.3 is 5.97 Å². The molecule has 1 aromatic carbocycles. The van der Waals surface area contributed by atoms with Gasteiger partial charge in [0.05, 0.1) is 18.7 Å². The Morgan fingerprint density at radius 3 is 2.92 bits per heavy atom. The Labute approximate surface area is 149 Å². The Morgan fingerprint density at radius 1 is 1.40 bits per heavy atom. The number of piperazine rings is 1. The van der Waals surface area contributed by atoms with Crippen molar-refractivity contribution in [2.75, 3.05) is 26.7 Å². The largest absolute Gasteiger partial charge is 0.465 e. The second kappa shape index (κ2) is 7.20. The summed E-state index contributed by atoms with van der Waals surface area (Å²) in [4.78, 5) is 11.6. The van der Waals surface area contributed by atoms with E-state index in [-0.39, 0.29) is 16.3 Å². The molecule has 1 aliphatic heterocycles. The zero-order valence-corrected chi connectivity index (χ0v) is 15.1. The maximum Gasteiger partial charge on any atom is 0.338 e. The van der Waals surface area contributed by atoms with E-state index in [0.717, 1.165) is 11.3 Å². The number of rotatable bonds is 4. The molecule has 2 heterocycles. The minimum absolute atomic E-state index is 0.0659. The van der Waals surface area contributed by atoms with E-state index in [9.17, 15) is 17.6 Å². The van der Waals surface area contributed by atoms with E-state index in [1.165, 1.54) is 35.0 Å². The van der Waals surface area contributed by atoms with Gasteiger partial charge in [0.25, 0.3) is 10.0 Å². The van der Waals surface area contributed by atoms with Crippen molar-refractivity contribution in [1.29, 1.82) is 0 Å². The van der Waals surface area contributed by atoms with Crippen molar-refractivity contribution < 1.29 is 22.3 Å². The monoisotopic (exact) mass is 384 g/mol. The molecule has 1 aliphatic rings. The van der Waals surface area contributed by atoms with E-state index < -0.39 is 27.9 Å². The summed E-state index contributed by atoms with van der Waals surface area (Å²) in [5.74, 6) is -0.996. The lowest BCUT2D eigenvalue weighted by Crippen LogP contribution is -2.48. The fourth-order valence-corrected chi connectivity index (χ4v) is 5.65. The van der Waals surface area contributed by atoms with Crippen LogP contribution in [0.1, 0.15) is 22.0 Å². The number of sulfonamides is 1. The van der Waals surface area contributed by atoms with Crippen molar-refractivity contribution in [3.63, 3.8) is 0 Å². The average molecular weight is 384 g/mol. The number of hydrogen-bond acceptors (Lipinski definition) is 6. The van der Waals surface area contributed by atoms with Crippen LogP contribution in [0.25, 0.3) is 0 Å². The van der Waals surface area contributed by atoms with Gasteiger partial charge in [-0.15, -0.1) is 11.3 Å². The predicted molar refractivity (Wildman–Crippen MR) is 91.6 cm³/mol. The summed E-state index contributed by atoms with van der Waals surface area (Å²) in [6.45, 7) is 1.15. The molecule has 0 spiro atoms. The normalized spacial score (nSPS) is 18.9. The molecule has 1 N–H and O–H groups in total. The number of carbonyl (C=O) groups is 1. The second-order valence-corrected chi connectivity index (χ2v) is 8.57. The summed E-state index contributed by atoms with van der Waals surface area (Å²) in [5.41, 5.74) is 0.782. The highest BCUT2D eigenvalue weighted by Gasteiger charge is 2.35. The highest BCUT2D eigenvalue weighted by atomic mass is 32.2. The maximum absolute atomic E-state index is 13.6. The molecule has 0 amide bonds. The number of halogens is 1. The van der Waals surface area contributed by atoms with Crippen LogP contribution in [0.3, 0.4) is 0 Å². The van der Waals surface area contributed by atoms with Crippen molar-refractivity contribution in [1.82, 2.24) is 9.62 Å². The molecule has 1 fully saturated rings. The van der Waals surface area contributed by atoms with E-state index in [4.69, 9.17) is 0 Å². The quantitative estimate of drug-likeness (QED) is 0.816. The number of carbonyl (C=O) groups excluding carboxylic acids is 1. The molecule has 2 aromatic rings. The van der Waals surface area contributed by atoms with Gasteiger partial charge in [0.1, 0.15) is 10.0 Å². The van der Waals surface area contributed by atoms with Gasteiger partial charge in [0.2, 0.25) is 0 Å². The minimum Gasteiger partial charge on any atom is -0.465 e. The van der Waals surface area contributed by atoms with Crippen molar-refractivity contribution in [2.24, 2.45) is 0 Å². The van der Waals surface area contributed by atoms with Crippen LogP contribution in [0.5, 0.6) is 0 Å². The lowest BCUT2D eigenvalue weighted by molar-refractivity contribution is 0.0601. The molecule has 0 saturated carbocycles. The van der Waals surface area contributed by atoms with E-state index in [1.807, 2.05) is 0 Å². The Bertz CT molecular complexity index is 882. The fourth-order valence-electron chi connectivity index (χ4n) is 2.76. The predicted octanol–water partition coefficient (Wildman–Crippen LogP) is 2.01. The number of methoxy groups -OCH3 is 1. The van der Waals surface area contributed by atoms with Gasteiger partial charge in [-0.1, -0.05) is 12.1 Å². The third kappa shape index (κ3) is 3.59. The Kier molecular flexibility index (Phi) is 5.19. The third-order valence-corrected chi connectivity index (χ3v) is 7.31. The molecule has 134 valence electrons. The first-order chi connectivity index (χ1) is 11.9. The first-order valence-electron chi connectivity index (χ1n) is 7.58. The van der Waals surface area contributed by atoms with Gasteiger partial charge in [0.15, 0.2) is 0 Å². The molecule has 9 heteroatoms. The van der Waals surface area contributed by atoms with Crippen LogP contribution >= 0.6 is 11.3 Å². The Balaban J connectivity index is 1.96. The topological polar surface area (TPSA) is 75.7 Å². The first-order valence-corrected chi connectivity index (χ1v) is 9.90. The molecular weight excluding hydrogens is 367 g/mol. The second-order valence-electron chi connectivity index (χ2n) is 5.54. The standard InChI is InChI=1S/C16H17FN2O4S2/c1-23-16(20)12-8-15(24-10-12)25(21,22)19-6-5-18-9-14(19)11-3-2-4-13(17)7-11/h2-4,7-8,10,14,18H,5-6,9H2,1H3. The molecule has 1 saturated heterocycles. The highest BCUT2D eigenvalue weighted by molar-refractivity contribution is 7.91. The van der Waals surface area contributed by atoms with Crippen molar-refractivity contribution in [3.05, 3.63) is 52.7 Å². The highest BCUT2D eigenvalue weighted by Crippen LogP contribution is 2.32. The Hall–Kier alpha value is -1.81. The van der Waals surface area contributed by atoms with E-state index >= 15 is 0 Å². The number of esters is 1. The molecule has 3 rings (SSSR count). The summed E-state index contributed by atoms with van der Waals surface area (Å²) in [6, 6.07) is 6.73. The lowest BCUT2D eigenvalue weighted by Gasteiger charge is -2.35. The molecule has 1 aromatic heterocycles. The van der Waals surface area contributed by atoms with Crippen LogP contribution in [0.2, 0.25) is 0 Å². The smallest absolute Gasteiger partial charge is 0.338 e. The third-order valence-electron chi connectivity index (χ3n) is 3.99. The van der Waals surface area contributed by atoms with Gasteiger partial charge in [-0.3, -0.25) is 0 Å². The fraction of sp³-hybridized carbons (Fsp3) is 0.312. The zero-order chi connectivity index (χ0) is 18.0. The minimum atomic E-state index is -3.81. The van der Waals surface area contributed by atoms with Gasteiger partial charge in [-0.05, 0) is 23.8 Å². The first kappa shape index (κ1) is 18.0. The lowest BCUT2D eigenvalue weighted by atomic mass is 10.1. The van der Waals surface area contributed by atoms with Crippen LogP contribution in [-0.2, 0) is 14.8 Å². The average Bonchev–Trinajstić information content (AvgIpc) is 3.12. The molecule has 0 bridgehead atoms. The summed E-state index contributed by atoms with van der Waals surface area (Å²) in [6.07, 6.45) is 0. The van der Waals surface area contributed by atoms with Crippen LogP contribution in [0, 0.1) is 5.82 Å². The number of benzene rings is 1. The molecule has 1 atom stereocenters. The van der Waals surface area contributed by atoms with Crippen LogP contribution < -0.4 is 5.32 Å². The van der Waals surface area contributed by atoms with Gasteiger partial charge in [0, 0.05) is 25.0 Å². The Morgan fingerprint density at radius 2 is 2.20 bits per heavy atom. The summed E-state index contributed by atoms with van der Waals surface area (Å²) in [7, 11) is -2.57. The van der Waals surface area contributed by atoms with E-state index in [0.29, 0.717) is 18.7 Å². The molecule has 1 unspecified atom stereocenters. The molecule has 0 radical (unpaired) electrons. The number of thiophene rings is 1. The van der Waals surface area contributed by atoms with Gasteiger partial charge < -0.3 is 10.1 Å². The maximum atomic E-state index is 13.6. The number of ether oxygens (including phenoxy) is 1. The molecule has 0 aliphatic carbocycles. The van der Waals surface area contributed by atoms with Crippen molar-refractivity contribution >= 4 is 27.3 Å². The number of nitrogens with one attached hydrogen (secondary N) is 1.